The van der Waals surface area contributed by atoms with Gasteiger partial charge in [0, 0.05) is 44.8 Å². The fraction of sp³-hybridized carbons (Fsp3) is 0.882. The number of nitrogens with zero attached hydrogens (tertiary/aromatic N) is 3. The molecule has 5 nitrogen and oxygen atoms in total. The highest BCUT2D eigenvalue weighted by molar-refractivity contribution is 5.16. The average molecular weight is 311 g/mol. The van der Waals surface area contributed by atoms with Crippen molar-refractivity contribution in [2.75, 3.05) is 39.3 Å². The van der Waals surface area contributed by atoms with Crippen LogP contribution in [-0.4, -0.2) is 70.2 Å². The van der Waals surface area contributed by atoms with Crippen LogP contribution in [0.15, 0.2) is 11.6 Å². The second-order valence-electron chi connectivity index (χ2n) is 8.04. The molecule has 1 fully saturated rings. The molecule has 0 aliphatic carbocycles. The maximum Gasteiger partial charge on any atom is 0.0453 e. The van der Waals surface area contributed by atoms with Crippen LogP contribution in [0.1, 0.15) is 47.0 Å². The minimum atomic E-state index is 0.122. The van der Waals surface area contributed by atoms with E-state index < -0.39 is 0 Å². The number of hydrogen-bond donors (Lipinski definition) is 2. The second kappa shape index (κ2) is 6.97. The first-order chi connectivity index (χ1) is 10.2. The van der Waals surface area contributed by atoms with Crippen LogP contribution in [0.5, 0.6) is 0 Å². The monoisotopic (exact) mass is 311 g/mol. The lowest BCUT2D eigenvalue weighted by atomic mass is 9.75. The van der Waals surface area contributed by atoms with Gasteiger partial charge in [-0.3, -0.25) is 4.90 Å². The van der Waals surface area contributed by atoms with Crippen LogP contribution >= 0.6 is 0 Å². The van der Waals surface area contributed by atoms with Crippen LogP contribution in [0, 0.1) is 5.41 Å². The van der Waals surface area contributed by atoms with Crippen molar-refractivity contribution in [1.29, 1.82) is 0 Å². The average Bonchev–Trinajstić information content (AvgIpc) is 2.46. The zero-order valence-corrected chi connectivity index (χ0v) is 14.7. The molecule has 1 saturated heterocycles. The lowest BCUT2D eigenvalue weighted by molar-refractivity contribution is -0.129. The van der Waals surface area contributed by atoms with Crippen molar-refractivity contribution in [1.82, 2.24) is 15.0 Å². The number of piperazine rings is 1. The highest BCUT2D eigenvalue weighted by atomic mass is 16.5. The molecule has 2 heterocycles. The molecule has 0 spiro atoms. The highest BCUT2D eigenvalue weighted by Gasteiger charge is 2.33. The zero-order valence-electron chi connectivity index (χ0n) is 14.7. The van der Waals surface area contributed by atoms with Crippen LogP contribution < -0.4 is 0 Å². The Hall–Kier alpha value is -0.460. The molecule has 5 heteroatoms. The van der Waals surface area contributed by atoms with E-state index in [1.54, 1.807) is 0 Å². The van der Waals surface area contributed by atoms with Crippen LogP contribution in [0.4, 0.5) is 0 Å². The molecule has 2 aliphatic heterocycles. The molecule has 2 aliphatic rings. The first kappa shape index (κ1) is 17.9. The van der Waals surface area contributed by atoms with Crippen molar-refractivity contribution in [3.63, 3.8) is 0 Å². The summed E-state index contributed by atoms with van der Waals surface area (Å²) in [6.07, 6.45) is 5.48. The van der Waals surface area contributed by atoms with Gasteiger partial charge in [-0.2, -0.15) is 10.1 Å². The first-order valence-corrected chi connectivity index (χ1v) is 8.53. The molecule has 0 bridgehead atoms. The summed E-state index contributed by atoms with van der Waals surface area (Å²) in [6.45, 7) is 13.9. The van der Waals surface area contributed by atoms with Gasteiger partial charge in [-0.25, -0.2) is 0 Å². The Labute approximate surface area is 135 Å². The van der Waals surface area contributed by atoms with Gasteiger partial charge in [-0.05, 0) is 38.5 Å². The quantitative estimate of drug-likeness (QED) is 0.764. The first-order valence-electron chi connectivity index (χ1n) is 8.53. The molecule has 128 valence electrons. The summed E-state index contributed by atoms with van der Waals surface area (Å²) in [4.78, 5) is 2.49. The predicted octanol–water partition coefficient (Wildman–Crippen LogP) is 2.60. The van der Waals surface area contributed by atoms with E-state index >= 15 is 0 Å². The standard InChI is InChI=1S/C17H33N3O2/c1-16(2,15-6-5-9-20(22)14-15)7-8-17(3,4)18-10-12-19(21)13-11-18/h6,21-22H,5,7-14H2,1-4H3. The Morgan fingerprint density at radius 2 is 1.55 bits per heavy atom. The van der Waals surface area contributed by atoms with E-state index in [0.29, 0.717) is 6.54 Å². The molecule has 0 aromatic rings. The molecule has 0 radical (unpaired) electrons. The Morgan fingerprint density at radius 1 is 0.909 bits per heavy atom. The maximum atomic E-state index is 9.76. The third-order valence-electron chi connectivity index (χ3n) is 5.47. The minimum Gasteiger partial charge on any atom is -0.314 e. The fourth-order valence-corrected chi connectivity index (χ4v) is 3.46. The molecule has 0 unspecified atom stereocenters. The van der Waals surface area contributed by atoms with Gasteiger partial charge in [0.05, 0.1) is 0 Å². The van der Waals surface area contributed by atoms with Gasteiger partial charge in [0.15, 0.2) is 0 Å². The van der Waals surface area contributed by atoms with E-state index in [9.17, 15) is 10.4 Å². The molecule has 0 amide bonds. The van der Waals surface area contributed by atoms with E-state index in [1.165, 1.54) is 15.7 Å². The van der Waals surface area contributed by atoms with Gasteiger partial charge in [-0.1, -0.05) is 25.5 Å². The smallest absolute Gasteiger partial charge is 0.0453 e. The van der Waals surface area contributed by atoms with E-state index in [0.717, 1.165) is 52.0 Å². The topological polar surface area (TPSA) is 50.2 Å². The minimum absolute atomic E-state index is 0.122. The predicted molar refractivity (Wildman–Crippen MR) is 88.1 cm³/mol. The summed E-state index contributed by atoms with van der Waals surface area (Å²) in [5, 5.41) is 22.1. The highest BCUT2D eigenvalue weighted by Crippen LogP contribution is 2.37. The van der Waals surface area contributed by atoms with E-state index in [-0.39, 0.29) is 11.0 Å². The van der Waals surface area contributed by atoms with Crippen LogP contribution in [0.2, 0.25) is 0 Å². The fourth-order valence-electron chi connectivity index (χ4n) is 3.46. The Kier molecular flexibility index (Phi) is 5.67. The molecule has 0 saturated carbocycles. The van der Waals surface area contributed by atoms with Gasteiger partial charge in [0.1, 0.15) is 0 Å². The Balaban J connectivity index is 1.91. The number of hydrogen-bond acceptors (Lipinski definition) is 5. The lowest BCUT2D eigenvalue weighted by Gasteiger charge is -2.44. The molecule has 2 N–H and O–H groups in total. The molecule has 0 atom stereocenters. The lowest BCUT2D eigenvalue weighted by Crippen LogP contribution is -2.54. The second-order valence-corrected chi connectivity index (χ2v) is 8.04. The van der Waals surface area contributed by atoms with Crippen molar-refractivity contribution < 1.29 is 10.4 Å². The van der Waals surface area contributed by atoms with Gasteiger partial charge >= 0.3 is 0 Å². The summed E-state index contributed by atoms with van der Waals surface area (Å²) in [5.41, 5.74) is 1.63. The summed E-state index contributed by atoms with van der Waals surface area (Å²) >= 11 is 0. The van der Waals surface area contributed by atoms with E-state index in [4.69, 9.17) is 0 Å². The molecule has 0 aromatic heterocycles. The third kappa shape index (κ3) is 4.52. The van der Waals surface area contributed by atoms with Crippen molar-refractivity contribution in [2.45, 2.75) is 52.5 Å². The van der Waals surface area contributed by atoms with Gasteiger partial charge in [0.25, 0.3) is 0 Å². The van der Waals surface area contributed by atoms with Crippen molar-refractivity contribution in [3.8, 4) is 0 Å². The SMILES string of the molecule is CC(C)(CCC(C)(C)N1CCN(O)CC1)C1=CCCN(O)C1. The van der Waals surface area contributed by atoms with E-state index in [2.05, 4.69) is 38.7 Å². The molecular weight excluding hydrogens is 278 g/mol. The van der Waals surface area contributed by atoms with Gasteiger partial charge in [0.2, 0.25) is 0 Å². The molecule has 0 aromatic carbocycles. The number of rotatable bonds is 5. The zero-order chi connectivity index (χ0) is 16.4. The third-order valence-corrected chi connectivity index (χ3v) is 5.47. The largest absolute Gasteiger partial charge is 0.314 e. The van der Waals surface area contributed by atoms with Crippen molar-refractivity contribution in [3.05, 3.63) is 11.6 Å². The summed E-state index contributed by atoms with van der Waals surface area (Å²) in [5.74, 6) is 0. The van der Waals surface area contributed by atoms with Gasteiger partial charge < -0.3 is 10.4 Å². The van der Waals surface area contributed by atoms with E-state index in [1.807, 2.05) is 0 Å². The number of hydroxylamine groups is 4. The van der Waals surface area contributed by atoms with Crippen LogP contribution in [-0.2, 0) is 0 Å². The van der Waals surface area contributed by atoms with Crippen LogP contribution in [0.25, 0.3) is 0 Å². The van der Waals surface area contributed by atoms with Crippen molar-refractivity contribution >= 4 is 0 Å². The molecule has 2 rings (SSSR count). The van der Waals surface area contributed by atoms with Crippen molar-refractivity contribution in [2.24, 2.45) is 5.41 Å². The summed E-state index contributed by atoms with van der Waals surface area (Å²) in [6, 6.07) is 0. The molecular formula is C17H33N3O2. The summed E-state index contributed by atoms with van der Waals surface area (Å²) in [7, 11) is 0. The maximum absolute atomic E-state index is 9.76. The van der Waals surface area contributed by atoms with Gasteiger partial charge in [-0.15, -0.1) is 0 Å². The van der Waals surface area contributed by atoms with Crippen LogP contribution in [0.3, 0.4) is 0 Å². The normalized spacial score (nSPS) is 23.6. The Bertz CT molecular complexity index is 399. The summed E-state index contributed by atoms with van der Waals surface area (Å²) < 4.78 is 0. The molecule has 22 heavy (non-hydrogen) atoms. The Morgan fingerprint density at radius 3 is 2.14 bits per heavy atom.